The zero-order valence-electron chi connectivity index (χ0n) is 12.8. The Bertz CT molecular complexity index is 593. The number of carboxylic acid groups (broad SMARTS) is 1. The molecule has 0 aromatic heterocycles. The highest BCUT2D eigenvalue weighted by Gasteiger charge is 2.31. The summed E-state index contributed by atoms with van der Waals surface area (Å²) in [6, 6.07) is 5.13. The maximum Gasteiger partial charge on any atom is 0.328 e. The Morgan fingerprint density at radius 2 is 1.59 bits per heavy atom. The Labute approximate surface area is 127 Å². The van der Waals surface area contributed by atoms with Crippen LogP contribution < -0.4 is 10.6 Å². The van der Waals surface area contributed by atoms with Crippen LogP contribution in [0.4, 0.5) is 10.5 Å². The van der Waals surface area contributed by atoms with Crippen molar-refractivity contribution in [3.05, 3.63) is 39.9 Å². The van der Waals surface area contributed by atoms with Crippen molar-refractivity contribution < 1.29 is 19.6 Å². The molecule has 0 bridgehead atoms. The van der Waals surface area contributed by atoms with Crippen molar-refractivity contribution in [3.63, 3.8) is 0 Å². The van der Waals surface area contributed by atoms with Gasteiger partial charge < -0.3 is 15.7 Å². The quantitative estimate of drug-likeness (QED) is 0.567. The molecule has 0 heterocycles. The number of non-ortho nitro benzene ring substituents is 1. The summed E-state index contributed by atoms with van der Waals surface area (Å²) in [6.45, 7) is 6.16. The predicted molar refractivity (Wildman–Crippen MR) is 79.5 cm³/mol. The number of hydrogen-bond acceptors (Lipinski definition) is 4. The van der Waals surface area contributed by atoms with E-state index in [4.69, 9.17) is 5.11 Å². The first-order chi connectivity index (χ1) is 9.95. The molecule has 120 valence electrons. The van der Waals surface area contributed by atoms with E-state index >= 15 is 0 Å². The third-order valence-electron chi connectivity index (χ3n) is 3.19. The van der Waals surface area contributed by atoms with Crippen molar-refractivity contribution in [2.45, 2.75) is 38.8 Å². The number of amides is 2. The molecule has 22 heavy (non-hydrogen) atoms. The minimum Gasteiger partial charge on any atom is -0.480 e. The van der Waals surface area contributed by atoms with Crippen LogP contribution in [0.1, 0.15) is 33.3 Å². The molecule has 1 aromatic rings. The molecule has 0 radical (unpaired) electrons. The van der Waals surface area contributed by atoms with Gasteiger partial charge in [-0.15, -0.1) is 0 Å². The number of carbonyl (C=O) groups is 2. The highest BCUT2D eigenvalue weighted by Crippen LogP contribution is 2.22. The van der Waals surface area contributed by atoms with Crippen molar-refractivity contribution >= 4 is 17.7 Å². The average Bonchev–Trinajstić information content (AvgIpc) is 2.37. The summed E-state index contributed by atoms with van der Waals surface area (Å²) >= 11 is 0. The van der Waals surface area contributed by atoms with E-state index in [0.717, 1.165) is 0 Å². The van der Waals surface area contributed by atoms with Crippen molar-refractivity contribution in [1.82, 2.24) is 10.6 Å². The van der Waals surface area contributed by atoms with E-state index in [9.17, 15) is 19.7 Å². The van der Waals surface area contributed by atoms with Crippen LogP contribution in [0.2, 0.25) is 0 Å². The average molecular weight is 309 g/mol. The first kappa shape index (κ1) is 17.4. The lowest BCUT2D eigenvalue weighted by molar-refractivity contribution is -0.384. The monoisotopic (exact) mass is 309 g/mol. The molecule has 2 amide bonds. The molecule has 8 nitrogen and oxygen atoms in total. The highest BCUT2D eigenvalue weighted by atomic mass is 16.6. The van der Waals surface area contributed by atoms with Gasteiger partial charge in [0.15, 0.2) is 0 Å². The molecule has 3 N–H and O–H groups in total. The van der Waals surface area contributed by atoms with Gasteiger partial charge >= 0.3 is 12.0 Å². The topological polar surface area (TPSA) is 122 Å². The number of aliphatic carboxylic acids is 1. The van der Waals surface area contributed by atoms with Crippen LogP contribution in [0, 0.1) is 10.1 Å². The van der Waals surface area contributed by atoms with E-state index in [1.807, 2.05) is 0 Å². The number of nitro groups is 1. The standard InChI is InChI=1S/C14H19N3O5/c1-13(2,9-5-7-10(8-6-9)17(21)22)15-12(20)16-14(3,4)11(18)19/h5-8H,1-4H3,(H,18,19)(H2,15,16,20). The minimum atomic E-state index is -1.41. The summed E-state index contributed by atoms with van der Waals surface area (Å²) in [5, 5.41) is 24.6. The van der Waals surface area contributed by atoms with Gasteiger partial charge in [0.2, 0.25) is 0 Å². The molecular formula is C14H19N3O5. The Kier molecular flexibility index (Phi) is 4.75. The molecule has 0 atom stereocenters. The number of hydrogen-bond donors (Lipinski definition) is 3. The van der Waals surface area contributed by atoms with Crippen molar-refractivity contribution in [1.29, 1.82) is 0 Å². The molecule has 0 aliphatic heterocycles. The summed E-state index contributed by atoms with van der Waals surface area (Å²) in [7, 11) is 0. The van der Waals surface area contributed by atoms with Crippen molar-refractivity contribution in [3.8, 4) is 0 Å². The Morgan fingerprint density at radius 1 is 1.09 bits per heavy atom. The fourth-order valence-electron chi connectivity index (χ4n) is 1.72. The zero-order valence-corrected chi connectivity index (χ0v) is 12.8. The second kappa shape index (κ2) is 6.00. The number of nitro benzene ring substituents is 1. The number of benzene rings is 1. The zero-order chi connectivity index (χ0) is 17.1. The molecule has 0 fully saturated rings. The van der Waals surface area contributed by atoms with E-state index in [1.54, 1.807) is 26.0 Å². The Hall–Kier alpha value is -2.64. The first-order valence-corrected chi connectivity index (χ1v) is 6.54. The molecule has 0 saturated carbocycles. The molecule has 0 spiro atoms. The van der Waals surface area contributed by atoms with Gasteiger partial charge in [0, 0.05) is 12.1 Å². The lowest BCUT2D eigenvalue weighted by atomic mass is 9.94. The maximum atomic E-state index is 11.9. The molecule has 8 heteroatoms. The number of rotatable bonds is 5. The van der Waals surface area contributed by atoms with Gasteiger partial charge in [-0.3, -0.25) is 10.1 Å². The van der Waals surface area contributed by atoms with Crippen LogP contribution in [0.15, 0.2) is 24.3 Å². The van der Waals surface area contributed by atoms with E-state index in [0.29, 0.717) is 5.56 Å². The number of carbonyl (C=O) groups excluding carboxylic acids is 1. The van der Waals surface area contributed by atoms with Gasteiger partial charge in [-0.2, -0.15) is 0 Å². The molecule has 0 unspecified atom stereocenters. The molecule has 1 rings (SSSR count). The van der Waals surface area contributed by atoms with E-state index in [2.05, 4.69) is 10.6 Å². The van der Waals surface area contributed by atoms with Crippen LogP contribution in [0.3, 0.4) is 0 Å². The fraction of sp³-hybridized carbons (Fsp3) is 0.429. The smallest absolute Gasteiger partial charge is 0.328 e. The Balaban J connectivity index is 2.84. The van der Waals surface area contributed by atoms with Crippen molar-refractivity contribution in [2.24, 2.45) is 0 Å². The first-order valence-electron chi connectivity index (χ1n) is 6.54. The molecule has 0 aliphatic carbocycles. The number of urea groups is 1. The van der Waals surface area contributed by atoms with Gasteiger partial charge in [-0.05, 0) is 45.4 Å². The summed E-state index contributed by atoms with van der Waals surface area (Å²) in [5.41, 5.74) is -1.62. The van der Waals surface area contributed by atoms with Crippen LogP contribution in [0.25, 0.3) is 0 Å². The van der Waals surface area contributed by atoms with Crippen molar-refractivity contribution in [2.75, 3.05) is 0 Å². The van der Waals surface area contributed by atoms with Gasteiger partial charge in [0.25, 0.3) is 5.69 Å². The fourth-order valence-corrected chi connectivity index (χ4v) is 1.72. The molecular weight excluding hydrogens is 290 g/mol. The number of nitrogens with zero attached hydrogens (tertiary/aromatic N) is 1. The number of carboxylic acids is 1. The van der Waals surface area contributed by atoms with Gasteiger partial charge in [-0.1, -0.05) is 0 Å². The van der Waals surface area contributed by atoms with Gasteiger partial charge in [-0.25, -0.2) is 9.59 Å². The third-order valence-corrected chi connectivity index (χ3v) is 3.19. The molecule has 0 saturated heterocycles. The predicted octanol–water partition coefficient (Wildman–Crippen LogP) is 1.99. The van der Waals surface area contributed by atoms with Crippen LogP contribution in [0.5, 0.6) is 0 Å². The van der Waals surface area contributed by atoms with Crippen LogP contribution in [-0.4, -0.2) is 27.6 Å². The summed E-state index contributed by atoms with van der Waals surface area (Å²) in [5.74, 6) is -1.16. The Morgan fingerprint density at radius 3 is 2.00 bits per heavy atom. The normalized spacial score (nSPS) is 11.6. The lowest BCUT2D eigenvalue weighted by Crippen LogP contribution is -2.56. The SMILES string of the molecule is CC(C)(NC(=O)NC(C)(C)c1ccc([N+](=O)[O-])cc1)C(=O)O. The van der Waals surface area contributed by atoms with Gasteiger partial charge in [0.1, 0.15) is 5.54 Å². The van der Waals surface area contributed by atoms with E-state index < -0.39 is 28.0 Å². The second-order valence-electron chi connectivity index (χ2n) is 5.94. The second-order valence-corrected chi connectivity index (χ2v) is 5.94. The minimum absolute atomic E-state index is 0.0454. The lowest BCUT2D eigenvalue weighted by Gasteiger charge is -2.29. The van der Waals surface area contributed by atoms with E-state index in [1.165, 1.54) is 26.0 Å². The largest absolute Gasteiger partial charge is 0.480 e. The maximum absolute atomic E-state index is 11.9. The highest BCUT2D eigenvalue weighted by molar-refractivity contribution is 5.85. The molecule has 1 aromatic carbocycles. The van der Waals surface area contributed by atoms with E-state index in [-0.39, 0.29) is 5.69 Å². The van der Waals surface area contributed by atoms with Crippen LogP contribution in [-0.2, 0) is 10.3 Å². The summed E-state index contributed by atoms with van der Waals surface area (Å²) in [4.78, 5) is 33.0. The summed E-state index contributed by atoms with van der Waals surface area (Å²) < 4.78 is 0. The molecule has 0 aliphatic rings. The number of nitrogens with one attached hydrogen (secondary N) is 2. The van der Waals surface area contributed by atoms with Crippen LogP contribution >= 0.6 is 0 Å². The summed E-state index contributed by atoms with van der Waals surface area (Å²) in [6.07, 6.45) is 0. The third kappa shape index (κ3) is 4.18. The van der Waals surface area contributed by atoms with Gasteiger partial charge in [0.05, 0.1) is 10.5 Å².